The number of hydrogen-bond donors (Lipinski definition) is 2. The average Bonchev–Trinajstić information content (AvgIpc) is 3.01. The highest BCUT2D eigenvalue weighted by Crippen LogP contribution is 2.19. The lowest BCUT2D eigenvalue weighted by Gasteiger charge is -2.31. The van der Waals surface area contributed by atoms with E-state index in [1.165, 1.54) is 12.8 Å². The molecular weight excluding hydrogens is 358 g/mol. The molecule has 1 aromatic rings. The fourth-order valence-electron chi connectivity index (χ4n) is 3.23. The molecular formula is C20H37N5O3. The number of piperidine rings is 1. The van der Waals surface area contributed by atoms with E-state index < -0.39 is 0 Å². The van der Waals surface area contributed by atoms with E-state index in [-0.39, 0.29) is 0 Å². The van der Waals surface area contributed by atoms with Crippen LogP contribution in [0.4, 0.5) is 0 Å². The number of nitrogens with one attached hydrogen (secondary N) is 2. The van der Waals surface area contributed by atoms with Gasteiger partial charge in [-0.15, -0.1) is 0 Å². The molecule has 28 heavy (non-hydrogen) atoms. The maximum atomic E-state index is 5.71. The van der Waals surface area contributed by atoms with E-state index in [0.29, 0.717) is 19.1 Å². The number of aliphatic imine (C=N–C) groups is 1. The molecule has 0 bridgehead atoms. The zero-order valence-electron chi connectivity index (χ0n) is 17.9. The van der Waals surface area contributed by atoms with Gasteiger partial charge in [0.05, 0.1) is 25.5 Å². The van der Waals surface area contributed by atoms with Gasteiger partial charge in [-0.25, -0.2) is 4.98 Å². The Morgan fingerprint density at radius 2 is 2.00 bits per heavy atom. The summed E-state index contributed by atoms with van der Waals surface area (Å²) in [6.45, 7) is 10.8. The van der Waals surface area contributed by atoms with E-state index in [1.807, 2.05) is 20.9 Å². The van der Waals surface area contributed by atoms with Crippen LogP contribution in [0.15, 0.2) is 9.41 Å². The zero-order valence-corrected chi connectivity index (χ0v) is 17.9. The third-order valence-electron chi connectivity index (χ3n) is 5.11. The molecule has 0 saturated carbocycles. The van der Waals surface area contributed by atoms with Crippen molar-refractivity contribution >= 4 is 5.96 Å². The Morgan fingerprint density at radius 3 is 2.64 bits per heavy atom. The molecule has 0 aromatic carbocycles. The lowest BCUT2D eigenvalue weighted by Crippen LogP contribution is -2.43. The van der Waals surface area contributed by atoms with Crippen LogP contribution in [-0.4, -0.2) is 76.0 Å². The lowest BCUT2D eigenvalue weighted by atomic mass is 9.97. The SMILES string of the molecule is CN=C(NCCCOCCOC)NCC1CCN(Cc2nc(C)c(C)o2)CC1. The smallest absolute Gasteiger partial charge is 0.208 e. The Labute approximate surface area is 169 Å². The summed E-state index contributed by atoms with van der Waals surface area (Å²) in [6, 6.07) is 0. The summed E-state index contributed by atoms with van der Waals surface area (Å²) in [5, 5.41) is 6.80. The van der Waals surface area contributed by atoms with E-state index in [2.05, 4.69) is 25.5 Å². The lowest BCUT2D eigenvalue weighted by molar-refractivity contribution is 0.0698. The second kappa shape index (κ2) is 12.7. The summed E-state index contributed by atoms with van der Waals surface area (Å²) < 4.78 is 16.1. The van der Waals surface area contributed by atoms with Gasteiger partial charge < -0.3 is 24.5 Å². The van der Waals surface area contributed by atoms with Crippen LogP contribution in [0.5, 0.6) is 0 Å². The predicted octanol–water partition coefficient (Wildman–Crippen LogP) is 1.72. The first-order valence-electron chi connectivity index (χ1n) is 10.3. The molecule has 2 rings (SSSR count). The van der Waals surface area contributed by atoms with Crippen LogP contribution < -0.4 is 10.6 Å². The second-order valence-electron chi connectivity index (χ2n) is 7.31. The van der Waals surface area contributed by atoms with Crippen molar-refractivity contribution in [1.82, 2.24) is 20.5 Å². The van der Waals surface area contributed by atoms with Gasteiger partial charge >= 0.3 is 0 Å². The van der Waals surface area contributed by atoms with Gasteiger partial charge in [0.15, 0.2) is 5.96 Å². The molecule has 1 saturated heterocycles. The number of rotatable bonds is 11. The summed E-state index contributed by atoms with van der Waals surface area (Å²) in [7, 11) is 3.50. The minimum Gasteiger partial charge on any atom is -0.444 e. The number of aromatic nitrogens is 1. The topological polar surface area (TPSA) is 84.2 Å². The molecule has 8 nitrogen and oxygen atoms in total. The van der Waals surface area contributed by atoms with Crippen LogP contribution in [0.25, 0.3) is 0 Å². The fraction of sp³-hybridized carbons (Fsp3) is 0.800. The Kier molecular flexibility index (Phi) is 10.3. The van der Waals surface area contributed by atoms with Crippen molar-refractivity contribution in [3.05, 3.63) is 17.3 Å². The number of methoxy groups -OCH3 is 1. The number of likely N-dealkylation sites (tertiary alicyclic amines) is 1. The van der Waals surface area contributed by atoms with Crippen molar-refractivity contribution in [2.75, 3.05) is 60.2 Å². The standard InChI is InChI=1S/C20H37N5O3/c1-16-17(2)28-19(24-16)15-25-9-6-18(7-10-25)14-23-20(21-3)22-8-5-11-27-13-12-26-4/h18H,5-15H2,1-4H3,(H2,21,22,23). The maximum Gasteiger partial charge on any atom is 0.208 e. The maximum absolute atomic E-state index is 5.71. The van der Waals surface area contributed by atoms with Crippen LogP contribution in [-0.2, 0) is 16.0 Å². The first-order valence-corrected chi connectivity index (χ1v) is 10.3. The largest absolute Gasteiger partial charge is 0.444 e. The first-order chi connectivity index (χ1) is 13.6. The second-order valence-corrected chi connectivity index (χ2v) is 7.31. The highest BCUT2D eigenvalue weighted by atomic mass is 16.5. The Bertz CT molecular complexity index is 563. The quantitative estimate of drug-likeness (QED) is 0.335. The molecule has 160 valence electrons. The highest BCUT2D eigenvalue weighted by molar-refractivity contribution is 5.79. The van der Waals surface area contributed by atoms with E-state index in [1.54, 1.807) is 7.11 Å². The molecule has 0 atom stereocenters. The van der Waals surface area contributed by atoms with Crippen molar-refractivity contribution in [3.63, 3.8) is 0 Å². The van der Waals surface area contributed by atoms with E-state index in [9.17, 15) is 0 Å². The van der Waals surface area contributed by atoms with Crippen molar-refractivity contribution in [2.45, 2.75) is 39.7 Å². The third kappa shape index (κ3) is 8.16. The van der Waals surface area contributed by atoms with Gasteiger partial charge in [0, 0.05) is 33.9 Å². The zero-order chi connectivity index (χ0) is 20.2. The molecule has 0 aliphatic carbocycles. The fourth-order valence-corrected chi connectivity index (χ4v) is 3.23. The minimum atomic E-state index is 0.646. The molecule has 0 amide bonds. The summed E-state index contributed by atoms with van der Waals surface area (Å²) in [4.78, 5) is 11.2. The van der Waals surface area contributed by atoms with Crippen molar-refractivity contribution in [1.29, 1.82) is 0 Å². The van der Waals surface area contributed by atoms with Crippen molar-refractivity contribution < 1.29 is 13.9 Å². The van der Waals surface area contributed by atoms with Gasteiger partial charge in [0.2, 0.25) is 5.89 Å². The predicted molar refractivity (Wildman–Crippen MR) is 111 cm³/mol. The number of oxazole rings is 1. The third-order valence-corrected chi connectivity index (χ3v) is 5.11. The molecule has 1 aliphatic heterocycles. The molecule has 1 aliphatic rings. The number of nitrogens with zero attached hydrogens (tertiary/aromatic N) is 3. The van der Waals surface area contributed by atoms with Crippen molar-refractivity contribution in [2.24, 2.45) is 10.9 Å². The van der Waals surface area contributed by atoms with Crippen LogP contribution in [0.2, 0.25) is 0 Å². The molecule has 0 radical (unpaired) electrons. The number of aryl methyl sites for hydroxylation is 2. The van der Waals surface area contributed by atoms with E-state index in [4.69, 9.17) is 13.9 Å². The number of guanidine groups is 1. The van der Waals surface area contributed by atoms with Crippen molar-refractivity contribution in [3.8, 4) is 0 Å². The van der Waals surface area contributed by atoms with E-state index in [0.717, 1.165) is 69.1 Å². The molecule has 1 fully saturated rings. The highest BCUT2D eigenvalue weighted by Gasteiger charge is 2.21. The Hall–Kier alpha value is -1.64. The molecule has 1 aromatic heterocycles. The summed E-state index contributed by atoms with van der Waals surface area (Å²) in [5.74, 6) is 3.29. The van der Waals surface area contributed by atoms with Gasteiger partial charge in [-0.2, -0.15) is 0 Å². The van der Waals surface area contributed by atoms with Gasteiger partial charge in [0.1, 0.15) is 5.76 Å². The number of ether oxygens (including phenoxy) is 2. The van der Waals surface area contributed by atoms with Gasteiger partial charge in [-0.05, 0) is 52.1 Å². The molecule has 2 N–H and O–H groups in total. The van der Waals surface area contributed by atoms with Crippen LogP contribution in [0.3, 0.4) is 0 Å². The molecule has 8 heteroatoms. The normalized spacial score (nSPS) is 16.5. The van der Waals surface area contributed by atoms with Gasteiger partial charge in [-0.1, -0.05) is 0 Å². The summed E-state index contributed by atoms with van der Waals surface area (Å²) >= 11 is 0. The molecule has 0 spiro atoms. The minimum absolute atomic E-state index is 0.646. The summed E-state index contributed by atoms with van der Waals surface area (Å²) in [5.41, 5.74) is 0.995. The van der Waals surface area contributed by atoms with Gasteiger partial charge in [-0.3, -0.25) is 9.89 Å². The van der Waals surface area contributed by atoms with Gasteiger partial charge in [0.25, 0.3) is 0 Å². The molecule has 0 unspecified atom stereocenters. The average molecular weight is 396 g/mol. The van der Waals surface area contributed by atoms with Crippen LogP contribution >= 0.6 is 0 Å². The Morgan fingerprint density at radius 1 is 1.21 bits per heavy atom. The monoisotopic (exact) mass is 395 g/mol. The number of hydrogen-bond acceptors (Lipinski definition) is 6. The van der Waals surface area contributed by atoms with E-state index >= 15 is 0 Å². The Balaban J connectivity index is 1.56. The summed E-state index contributed by atoms with van der Waals surface area (Å²) in [6.07, 6.45) is 3.30. The van der Waals surface area contributed by atoms with Crippen LogP contribution in [0.1, 0.15) is 36.6 Å². The first kappa shape index (κ1) is 22.6. The molecule has 2 heterocycles. The van der Waals surface area contributed by atoms with Crippen LogP contribution in [0, 0.1) is 19.8 Å².